The van der Waals surface area contributed by atoms with Gasteiger partial charge in [-0.25, -0.2) is 4.79 Å². The van der Waals surface area contributed by atoms with Crippen molar-refractivity contribution in [3.8, 4) is 16.9 Å². The van der Waals surface area contributed by atoms with Crippen LogP contribution in [0.25, 0.3) is 11.1 Å². The minimum atomic E-state index is -1.06. The van der Waals surface area contributed by atoms with Gasteiger partial charge in [0.2, 0.25) is 0 Å². The van der Waals surface area contributed by atoms with Gasteiger partial charge in [-0.1, -0.05) is 36.4 Å². The van der Waals surface area contributed by atoms with Crippen molar-refractivity contribution in [3.05, 3.63) is 82.4 Å². The summed E-state index contributed by atoms with van der Waals surface area (Å²) in [5.74, 6) is -0.0209. The van der Waals surface area contributed by atoms with Gasteiger partial charge in [-0.2, -0.15) is 0 Å². The van der Waals surface area contributed by atoms with Gasteiger partial charge in [0.25, 0.3) is 0 Å². The van der Waals surface area contributed by atoms with Crippen molar-refractivity contribution in [2.24, 2.45) is 0 Å². The van der Waals surface area contributed by atoms with Crippen molar-refractivity contribution in [2.75, 3.05) is 18.1 Å². The van der Waals surface area contributed by atoms with Gasteiger partial charge in [0, 0.05) is 24.3 Å². The lowest BCUT2D eigenvalue weighted by Gasteiger charge is -2.36. The highest BCUT2D eigenvalue weighted by Gasteiger charge is 2.35. The minimum absolute atomic E-state index is 0.612. The first-order valence-corrected chi connectivity index (χ1v) is 13.3. The summed E-state index contributed by atoms with van der Waals surface area (Å²) in [6.07, 6.45) is 2.69. The van der Waals surface area contributed by atoms with Crippen LogP contribution in [0.3, 0.4) is 0 Å². The number of hydrogen-bond donors (Lipinski definition) is 1. The van der Waals surface area contributed by atoms with Crippen LogP contribution in [-0.2, 0) is 28.9 Å². The molecule has 1 atom stereocenters. The number of rotatable bonds is 6. The summed E-state index contributed by atoms with van der Waals surface area (Å²) in [5.41, 5.74) is 7.90. The molecule has 0 spiro atoms. The van der Waals surface area contributed by atoms with Crippen LogP contribution >= 0.6 is 0 Å². The first-order chi connectivity index (χ1) is 17.7. The smallest absolute Gasteiger partial charge is 0.337 e. The molecule has 5 heteroatoms. The maximum Gasteiger partial charge on any atom is 0.337 e. The Bertz CT molecular complexity index is 1290. The van der Waals surface area contributed by atoms with Gasteiger partial charge in [-0.15, -0.1) is 0 Å². The van der Waals surface area contributed by atoms with E-state index in [1.807, 2.05) is 32.9 Å². The number of ether oxygens (including phenoxy) is 2. The van der Waals surface area contributed by atoms with Gasteiger partial charge in [0.15, 0.2) is 6.10 Å². The summed E-state index contributed by atoms with van der Waals surface area (Å²) in [6, 6.07) is 19.0. The van der Waals surface area contributed by atoms with Gasteiger partial charge in [-0.05, 0) is 105 Å². The average molecular weight is 500 g/mol. The van der Waals surface area contributed by atoms with Crippen LogP contribution in [0.15, 0.2) is 54.6 Å². The molecule has 0 amide bonds. The van der Waals surface area contributed by atoms with Crippen LogP contribution in [-0.4, -0.2) is 29.8 Å². The minimum Gasteiger partial charge on any atom is -0.493 e. The Balaban J connectivity index is 1.70. The molecule has 1 N–H and O–H groups in total. The SMILES string of the molecule is Cc1cc2c(c(C(OC(C)(C)C)C(=O)O)c1-c1ccc3c(c1)CCCO3)CCCN2Cc1ccccc1. The molecular formula is C32H37NO4. The molecule has 0 radical (unpaired) electrons. The number of carbonyl (C=O) groups is 1. The zero-order valence-electron chi connectivity index (χ0n) is 22.3. The monoisotopic (exact) mass is 499 g/mol. The van der Waals surface area contributed by atoms with E-state index >= 15 is 0 Å². The summed E-state index contributed by atoms with van der Waals surface area (Å²) in [7, 11) is 0. The van der Waals surface area contributed by atoms with Crippen LogP contribution in [0.5, 0.6) is 5.75 Å². The van der Waals surface area contributed by atoms with Crippen LogP contribution in [0, 0.1) is 6.92 Å². The van der Waals surface area contributed by atoms with E-state index in [2.05, 4.69) is 54.3 Å². The molecule has 2 aliphatic heterocycles. The number of carboxylic acids is 1. The number of aliphatic carboxylic acids is 1. The molecule has 0 fully saturated rings. The van der Waals surface area contributed by atoms with Crippen molar-refractivity contribution in [3.63, 3.8) is 0 Å². The highest BCUT2D eigenvalue weighted by molar-refractivity contribution is 5.86. The Morgan fingerprint density at radius 2 is 1.86 bits per heavy atom. The number of aryl methyl sites for hydroxylation is 2. The summed E-state index contributed by atoms with van der Waals surface area (Å²) in [5, 5.41) is 10.5. The van der Waals surface area contributed by atoms with E-state index in [1.165, 1.54) is 11.1 Å². The van der Waals surface area contributed by atoms with E-state index in [0.29, 0.717) is 0 Å². The quantitative estimate of drug-likeness (QED) is 0.401. The predicted molar refractivity (Wildman–Crippen MR) is 147 cm³/mol. The van der Waals surface area contributed by atoms with Crippen LogP contribution < -0.4 is 9.64 Å². The first kappa shape index (κ1) is 25.3. The highest BCUT2D eigenvalue weighted by Crippen LogP contribution is 2.45. The van der Waals surface area contributed by atoms with Gasteiger partial charge in [-0.3, -0.25) is 0 Å². The van der Waals surface area contributed by atoms with Crippen LogP contribution in [0.1, 0.15) is 67.5 Å². The Morgan fingerprint density at radius 1 is 1.08 bits per heavy atom. The second-order valence-corrected chi connectivity index (χ2v) is 11.2. The van der Waals surface area contributed by atoms with Crippen molar-refractivity contribution in [2.45, 2.75) is 71.6 Å². The summed E-state index contributed by atoms with van der Waals surface area (Å²) in [4.78, 5) is 15.2. The molecule has 0 saturated heterocycles. The Hall–Kier alpha value is -3.31. The van der Waals surface area contributed by atoms with Crippen molar-refractivity contribution >= 4 is 11.7 Å². The molecule has 194 valence electrons. The molecule has 0 aromatic heterocycles. The number of hydrogen-bond acceptors (Lipinski definition) is 4. The number of nitrogens with zero attached hydrogens (tertiary/aromatic N) is 1. The van der Waals surface area contributed by atoms with E-state index in [9.17, 15) is 9.90 Å². The number of anilines is 1. The Morgan fingerprint density at radius 3 is 2.59 bits per heavy atom. The maximum atomic E-state index is 12.8. The fourth-order valence-electron chi connectivity index (χ4n) is 5.72. The number of benzene rings is 3. The lowest BCUT2D eigenvalue weighted by atomic mass is 9.83. The van der Waals surface area contributed by atoms with Crippen molar-refractivity contribution in [1.82, 2.24) is 0 Å². The van der Waals surface area contributed by atoms with Crippen LogP contribution in [0.4, 0.5) is 5.69 Å². The zero-order chi connectivity index (χ0) is 26.2. The summed E-state index contributed by atoms with van der Waals surface area (Å²) >= 11 is 0. The van der Waals surface area contributed by atoms with E-state index < -0.39 is 17.7 Å². The molecule has 5 rings (SSSR count). The van der Waals surface area contributed by atoms with Crippen LogP contribution in [0.2, 0.25) is 0 Å². The lowest BCUT2D eigenvalue weighted by molar-refractivity contribution is -0.160. The van der Waals surface area contributed by atoms with E-state index in [0.717, 1.165) is 84.6 Å². The largest absolute Gasteiger partial charge is 0.493 e. The summed E-state index contributed by atoms with van der Waals surface area (Å²) < 4.78 is 12.2. The third kappa shape index (κ3) is 5.37. The fraction of sp³-hybridized carbons (Fsp3) is 0.406. The third-order valence-corrected chi connectivity index (χ3v) is 7.22. The molecule has 0 bridgehead atoms. The topological polar surface area (TPSA) is 59.0 Å². The van der Waals surface area contributed by atoms with E-state index in [-0.39, 0.29) is 0 Å². The van der Waals surface area contributed by atoms with Crippen molar-refractivity contribution in [1.29, 1.82) is 0 Å². The lowest BCUT2D eigenvalue weighted by Crippen LogP contribution is -2.33. The Labute approximate surface area is 220 Å². The summed E-state index contributed by atoms with van der Waals surface area (Å²) in [6.45, 7) is 10.3. The maximum absolute atomic E-state index is 12.8. The molecule has 37 heavy (non-hydrogen) atoms. The van der Waals surface area contributed by atoms with Gasteiger partial charge < -0.3 is 19.5 Å². The first-order valence-electron chi connectivity index (χ1n) is 13.3. The fourth-order valence-corrected chi connectivity index (χ4v) is 5.72. The molecule has 2 heterocycles. The third-order valence-electron chi connectivity index (χ3n) is 7.22. The number of fused-ring (bicyclic) bond motifs is 2. The van der Waals surface area contributed by atoms with E-state index in [1.54, 1.807) is 0 Å². The molecular weight excluding hydrogens is 462 g/mol. The average Bonchev–Trinajstić information content (AvgIpc) is 2.87. The number of carboxylic acid groups (broad SMARTS) is 1. The van der Waals surface area contributed by atoms with E-state index in [4.69, 9.17) is 9.47 Å². The molecule has 0 saturated carbocycles. The zero-order valence-corrected chi connectivity index (χ0v) is 22.3. The molecule has 1 unspecified atom stereocenters. The molecule has 0 aliphatic carbocycles. The highest BCUT2D eigenvalue weighted by atomic mass is 16.5. The van der Waals surface area contributed by atoms with Gasteiger partial charge >= 0.3 is 5.97 Å². The molecule has 2 aliphatic rings. The van der Waals surface area contributed by atoms with Crippen molar-refractivity contribution < 1.29 is 19.4 Å². The van der Waals surface area contributed by atoms with Gasteiger partial charge in [0.05, 0.1) is 12.2 Å². The normalized spacial score (nSPS) is 15.9. The molecule has 5 nitrogen and oxygen atoms in total. The van der Waals surface area contributed by atoms with Gasteiger partial charge in [0.1, 0.15) is 5.75 Å². The second kappa shape index (κ2) is 10.2. The Kier molecular flexibility index (Phi) is 7.00. The molecule has 3 aromatic rings. The molecule has 3 aromatic carbocycles. The predicted octanol–water partition coefficient (Wildman–Crippen LogP) is 6.88. The standard InChI is InChI=1S/C32H37NO4/c1-21-18-26-25(13-8-16-33(26)20-22-10-6-5-7-11-22)29(30(31(34)35)37-32(2,3)4)28(21)24-14-15-27-23(19-24)12-9-17-36-27/h5-7,10-11,14-15,18-19,30H,8-9,12-13,16-17,20H2,1-4H3,(H,34,35). The second-order valence-electron chi connectivity index (χ2n) is 11.2.